The van der Waals surface area contributed by atoms with Gasteiger partial charge in [0.05, 0.1) is 11.5 Å². The van der Waals surface area contributed by atoms with Gasteiger partial charge in [-0.15, -0.1) is 0 Å². The van der Waals surface area contributed by atoms with E-state index in [9.17, 15) is 22.8 Å². The van der Waals surface area contributed by atoms with E-state index in [1.165, 1.54) is 24.2 Å². The molecule has 2 fully saturated rings. The zero-order chi connectivity index (χ0) is 24.4. The Balaban J connectivity index is 1.49. The lowest BCUT2D eigenvalue weighted by Gasteiger charge is -2.43. The first-order chi connectivity index (χ1) is 16.2. The van der Waals surface area contributed by atoms with Crippen molar-refractivity contribution < 1.29 is 27.3 Å². The Hall–Kier alpha value is -2.88. The molecule has 4 rings (SSSR count). The lowest BCUT2D eigenvalue weighted by Crippen LogP contribution is -2.57. The molecule has 1 aliphatic carbocycles. The molecule has 2 atom stereocenters. The molecular formula is C24H29F3N4O3. The second kappa shape index (κ2) is 10.2. The van der Waals surface area contributed by atoms with Crippen molar-refractivity contribution in [3.05, 3.63) is 41.3 Å². The summed E-state index contributed by atoms with van der Waals surface area (Å²) in [6, 6.07) is 2.20. The Bertz CT molecular complexity index is 1030. The van der Waals surface area contributed by atoms with Crippen molar-refractivity contribution in [1.29, 1.82) is 0 Å². The first kappa shape index (κ1) is 24.3. The number of hydrogen-bond donors (Lipinski definition) is 1. The highest BCUT2D eigenvalue weighted by Gasteiger charge is 2.38. The minimum absolute atomic E-state index is 0.0675. The maximum absolute atomic E-state index is 14.1. The standard InChI is InChI=1S/C24H29F3N4O3/c1-30(2)24(33)16-13-31(15-6-4-3-5-7-15)9-8-19(16)28-23(32)20-12-21(34-29-20)22-17(26)10-14(25)11-18(22)27/h10-12,15-16,19H,3-9,13H2,1-2H3,(H,28,32). The van der Waals surface area contributed by atoms with Crippen LogP contribution in [0.3, 0.4) is 0 Å². The predicted molar refractivity (Wildman–Crippen MR) is 118 cm³/mol. The maximum Gasteiger partial charge on any atom is 0.273 e. The van der Waals surface area contributed by atoms with Gasteiger partial charge >= 0.3 is 0 Å². The lowest BCUT2D eigenvalue weighted by molar-refractivity contribution is -0.136. The van der Waals surface area contributed by atoms with Crippen molar-refractivity contribution in [1.82, 2.24) is 20.3 Å². The third-order valence-electron chi connectivity index (χ3n) is 6.81. The van der Waals surface area contributed by atoms with E-state index in [2.05, 4.69) is 15.4 Å². The van der Waals surface area contributed by atoms with Gasteiger partial charge in [-0.3, -0.25) is 14.5 Å². The van der Waals surface area contributed by atoms with Gasteiger partial charge in [-0.1, -0.05) is 24.4 Å². The quantitative estimate of drug-likeness (QED) is 0.711. The van der Waals surface area contributed by atoms with Crippen LogP contribution in [0.15, 0.2) is 22.7 Å². The fourth-order valence-corrected chi connectivity index (χ4v) is 5.03. The van der Waals surface area contributed by atoms with Gasteiger partial charge < -0.3 is 14.7 Å². The van der Waals surface area contributed by atoms with Crippen LogP contribution in [0.2, 0.25) is 0 Å². The number of benzene rings is 1. The van der Waals surface area contributed by atoms with Crippen LogP contribution in [-0.2, 0) is 4.79 Å². The van der Waals surface area contributed by atoms with Gasteiger partial charge in [0.15, 0.2) is 11.5 Å². The van der Waals surface area contributed by atoms with Crippen LogP contribution in [-0.4, -0.2) is 66.0 Å². The van der Waals surface area contributed by atoms with E-state index >= 15 is 0 Å². The molecule has 0 bridgehead atoms. The molecule has 2 aliphatic rings. The molecule has 7 nitrogen and oxygen atoms in total. The fraction of sp³-hybridized carbons (Fsp3) is 0.542. The number of hydrogen-bond acceptors (Lipinski definition) is 5. The first-order valence-electron chi connectivity index (χ1n) is 11.6. The summed E-state index contributed by atoms with van der Waals surface area (Å²) in [5.74, 6) is -4.80. The van der Waals surface area contributed by atoms with Gasteiger partial charge in [0.25, 0.3) is 5.91 Å². The molecule has 2 aromatic rings. The van der Waals surface area contributed by atoms with Crippen LogP contribution in [0.5, 0.6) is 0 Å². The summed E-state index contributed by atoms with van der Waals surface area (Å²) in [6.45, 7) is 1.32. The number of carbonyl (C=O) groups is 2. The van der Waals surface area contributed by atoms with Gasteiger partial charge in [-0.25, -0.2) is 13.2 Å². The zero-order valence-electron chi connectivity index (χ0n) is 19.3. The van der Waals surface area contributed by atoms with Crippen molar-refractivity contribution in [2.75, 3.05) is 27.2 Å². The number of likely N-dealkylation sites (tertiary alicyclic amines) is 1. The molecule has 10 heteroatoms. The molecule has 1 aromatic carbocycles. The van der Waals surface area contributed by atoms with Gasteiger partial charge in [0.2, 0.25) is 5.91 Å². The smallest absolute Gasteiger partial charge is 0.273 e. The van der Waals surface area contributed by atoms with Gasteiger partial charge in [-0.05, 0) is 19.3 Å². The van der Waals surface area contributed by atoms with Crippen molar-refractivity contribution in [2.24, 2.45) is 5.92 Å². The fourth-order valence-electron chi connectivity index (χ4n) is 5.03. The Morgan fingerprint density at radius 2 is 1.74 bits per heavy atom. The van der Waals surface area contributed by atoms with E-state index in [0.29, 0.717) is 31.1 Å². The molecule has 0 radical (unpaired) electrons. The first-order valence-corrected chi connectivity index (χ1v) is 11.6. The molecule has 184 valence electrons. The summed E-state index contributed by atoms with van der Waals surface area (Å²) in [6.07, 6.45) is 6.47. The average molecular weight is 479 g/mol. The molecule has 0 spiro atoms. The number of halogens is 3. The van der Waals surface area contributed by atoms with Crippen molar-refractivity contribution >= 4 is 11.8 Å². The Morgan fingerprint density at radius 1 is 1.06 bits per heavy atom. The summed E-state index contributed by atoms with van der Waals surface area (Å²) in [5.41, 5.74) is -0.779. The number of piperidine rings is 1. The Labute approximate surface area is 196 Å². The minimum atomic E-state index is -1.16. The second-order valence-corrected chi connectivity index (χ2v) is 9.32. The normalized spacial score (nSPS) is 21.9. The van der Waals surface area contributed by atoms with Crippen LogP contribution in [0.4, 0.5) is 13.2 Å². The summed E-state index contributed by atoms with van der Waals surface area (Å²) >= 11 is 0. The lowest BCUT2D eigenvalue weighted by atomic mass is 9.86. The van der Waals surface area contributed by atoms with Gasteiger partial charge in [0.1, 0.15) is 17.5 Å². The minimum Gasteiger partial charge on any atom is -0.355 e. The molecule has 1 saturated carbocycles. The number of nitrogens with one attached hydrogen (secondary N) is 1. The summed E-state index contributed by atoms with van der Waals surface area (Å²) in [4.78, 5) is 29.7. The zero-order valence-corrected chi connectivity index (χ0v) is 19.3. The summed E-state index contributed by atoms with van der Waals surface area (Å²) < 4.78 is 46.3. The van der Waals surface area contributed by atoms with Crippen molar-refractivity contribution in [2.45, 2.75) is 50.6 Å². The van der Waals surface area contributed by atoms with E-state index in [1.54, 1.807) is 14.1 Å². The van der Waals surface area contributed by atoms with Crippen LogP contribution < -0.4 is 5.32 Å². The van der Waals surface area contributed by atoms with Crippen LogP contribution in [0, 0.1) is 23.4 Å². The molecule has 2 unspecified atom stereocenters. The Kier molecular flexibility index (Phi) is 7.25. The topological polar surface area (TPSA) is 78.7 Å². The number of carbonyl (C=O) groups excluding carboxylic acids is 2. The van der Waals surface area contributed by atoms with E-state index < -0.39 is 40.9 Å². The Morgan fingerprint density at radius 3 is 2.38 bits per heavy atom. The second-order valence-electron chi connectivity index (χ2n) is 9.32. The number of amides is 2. The van der Waals surface area contributed by atoms with Gasteiger partial charge in [0, 0.05) is 57.5 Å². The number of rotatable bonds is 5. The molecule has 1 saturated heterocycles. The monoisotopic (exact) mass is 478 g/mol. The SMILES string of the molecule is CN(C)C(=O)C1CN(C2CCCCC2)CCC1NC(=O)c1cc(-c2c(F)cc(F)cc2F)on1. The molecule has 2 heterocycles. The maximum atomic E-state index is 14.1. The van der Waals surface area contributed by atoms with Crippen molar-refractivity contribution in [3.8, 4) is 11.3 Å². The van der Waals surface area contributed by atoms with E-state index in [-0.39, 0.29) is 17.4 Å². The predicted octanol–water partition coefficient (Wildman–Crippen LogP) is 3.60. The van der Waals surface area contributed by atoms with E-state index in [0.717, 1.165) is 25.5 Å². The summed E-state index contributed by atoms with van der Waals surface area (Å²) in [5, 5.41) is 6.50. The third kappa shape index (κ3) is 5.11. The molecule has 2 amide bonds. The van der Waals surface area contributed by atoms with Crippen LogP contribution in [0.1, 0.15) is 49.0 Å². The van der Waals surface area contributed by atoms with Crippen LogP contribution >= 0.6 is 0 Å². The molecule has 34 heavy (non-hydrogen) atoms. The van der Waals surface area contributed by atoms with E-state index in [4.69, 9.17) is 4.52 Å². The van der Waals surface area contributed by atoms with Gasteiger partial charge in [-0.2, -0.15) is 0 Å². The summed E-state index contributed by atoms with van der Waals surface area (Å²) in [7, 11) is 3.38. The highest BCUT2D eigenvalue weighted by Crippen LogP contribution is 2.30. The number of nitrogens with zero attached hydrogens (tertiary/aromatic N) is 3. The largest absolute Gasteiger partial charge is 0.355 e. The highest BCUT2D eigenvalue weighted by molar-refractivity contribution is 5.94. The molecule has 1 N–H and O–H groups in total. The number of aromatic nitrogens is 1. The molecular weight excluding hydrogens is 449 g/mol. The third-order valence-corrected chi connectivity index (χ3v) is 6.81. The molecule has 1 aromatic heterocycles. The van der Waals surface area contributed by atoms with Crippen LogP contribution in [0.25, 0.3) is 11.3 Å². The molecule has 1 aliphatic heterocycles. The highest BCUT2D eigenvalue weighted by atomic mass is 19.1. The van der Waals surface area contributed by atoms with Crippen molar-refractivity contribution in [3.63, 3.8) is 0 Å². The van der Waals surface area contributed by atoms with E-state index in [1.807, 2.05) is 0 Å². The average Bonchev–Trinajstić information content (AvgIpc) is 3.28.